The fraction of sp³-hybridized carbons (Fsp3) is 0.333. The Hall–Kier alpha value is -1.80. The zero-order valence-electron chi connectivity index (χ0n) is 10.7. The Morgan fingerprint density at radius 3 is 2.65 bits per heavy atom. The van der Waals surface area contributed by atoms with Gasteiger partial charge in [0.05, 0.1) is 22.8 Å². The summed E-state index contributed by atoms with van der Waals surface area (Å²) >= 11 is 3.22. The van der Waals surface area contributed by atoms with Gasteiger partial charge in [0, 0.05) is 7.05 Å². The Kier molecular flexibility index (Phi) is 4.46. The van der Waals surface area contributed by atoms with Gasteiger partial charge in [-0.3, -0.25) is 4.79 Å². The largest absolute Gasteiger partial charge is 0.387 e. The standard InChI is InChI=1S/C12H15BrN4O3/c1-14-12(20)17-10-6(2-4-8(10)18)16-11(19)7-3-5-9(13)15-7/h2-6,8,10,15,18H,1H3,(H,16,19)(H2,14,17,20)/t6-,8-,10+/m1/s1. The summed E-state index contributed by atoms with van der Waals surface area (Å²) in [5, 5.41) is 17.5. The van der Waals surface area contributed by atoms with Gasteiger partial charge in [-0.1, -0.05) is 12.2 Å². The van der Waals surface area contributed by atoms with Crippen LogP contribution in [-0.4, -0.2) is 47.3 Å². The maximum absolute atomic E-state index is 12.0. The van der Waals surface area contributed by atoms with Crippen molar-refractivity contribution in [1.29, 1.82) is 0 Å². The van der Waals surface area contributed by atoms with Gasteiger partial charge < -0.3 is 26.0 Å². The molecule has 1 aliphatic rings. The van der Waals surface area contributed by atoms with E-state index in [1.54, 1.807) is 18.2 Å². The van der Waals surface area contributed by atoms with Crippen molar-refractivity contribution < 1.29 is 14.7 Å². The first-order valence-corrected chi connectivity index (χ1v) is 6.80. The second kappa shape index (κ2) is 6.10. The van der Waals surface area contributed by atoms with E-state index in [2.05, 4.69) is 36.9 Å². The molecule has 5 N–H and O–H groups in total. The minimum Gasteiger partial charge on any atom is -0.387 e. The van der Waals surface area contributed by atoms with Gasteiger partial charge in [-0.15, -0.1) is 0 Å². The van der Waals surface area contributed by atoms with Gasteiger partial charge in [0.15, 0.2) is 0 Å². The molecule has 1 aliphatic carbocycles. The lowest BCUT2D eigenvalue weighted by Gasteiger charge is -2.24. The van der Waals surface area contributed by atoms with Crippen molar-refractivity contribution in [2.75, 3.05) is 7.05 Å². The molecule has 0 saturated carbocycles. The summed E-state index contributed by atoms with van der Waals surface area (Å²) in [6, 6.07) is 1.86. The molecule has 1 aromatic rings. The summed E-state index contributed by atoms with van der Waals surface area (Å²) in [5.74, 6) is -0.317. The second-order valence-electron chi connectivity index (χ2n) is 4.34. The zero-order chi connectivity index (χ0) is 14.7. The zero-order valence-corrected chi connectivity index (χ0v) is 12.3. The molecular formula is C12H15BrN4O3. The third-order valence-corrected chi connectivity index (χ3v) is 3.45. The van der Waals surface area contributed by atoms with E-state index < -0.39 is 24.2 Å². The van der Waals surface area contributed by atoms with Crippen molar-refractivity contribution in [3.8, 4) is 0 Å². The number of carbonyl (C=O) groups excluding carboxylic acids is 2. The van der Waals surface area contributed by atoms with Crippen molar-refractivity contribution in [3.63, 3.8) is 0 Å². The second-order valence-corrected chi connectivity index (χ2v) is 5.20. The lowest BCUT2D eigenvalue weighted by atomic mass is 10.1. The lowest BCUT2D eigenvalue weighted by Crippen LogP contribution is -2.54. The highest BCUT2D eigenvalue weighted by Gasteiger charge is 2.32. The average molecular weight is 343 g/mol. The number of aliphatic hydroxyl groups excluding tert-OH is 1. The topological polar surface area (TPSA) is 106 Å². The monoisotopic (exact) mass is 342 g/mol. The predicted molar refractivity (Wildman–Crippen MR) is 76.3 cm³/mol. The molecule has 8 heteroatoms. The van der Waals surface area contributed by atoms with E-state index in [-0.39, 0.29) is 5.91 Å². The number of rotatable bonds is 3. The van der Waals surface area contributed by atoms with Crippen LogP contribution < -0.4 is 16.0 Å². The number of H-pyrrole nitrogens is 1. The number of hydrogen-bond acceptors (Lipinski definition) is 3. The molecule has 0 bridgehead atoms. The van der Waals surface area contributed by atoms with Gasteiger partial charge in [0.1, 0.15) is 5.69 Å². The SMILES string of the molecule is CNC(=O)N[C@@H]1[C@H](O)C=C[C@H]1NC(=O)c1ccc(Br)[nH]1. The molecule has 0 fully saturated rings. The van der Waals surface area contributed by atoms with E-state index in [1.165, 1.54) is 13.1 Å². The molecule has 7 nitrogen and oxygen atoms in total. The molecule has 1 heterocycles. The van der Waals surface area contributed by atoms with Crippen LogP contribution in [0.4, 0.5) is 4.79 Å². The number of carbonyl (C=O) groups is 2. The number of urea groups is 1. The first kappa shape index (κ1) is 14.6. The molecule has 3 amide bonds. The fourth-order valence-corrected chi connectivity index (χ4v) is 2.30. The van der Waals surface area contributed by atoms with Gasteiger partial charge in [0.2, 0.25) is 0 Å². The number of nitrogens with one attached hydrogen (secondary N) is 4. The number of aliphatic hydroxyl groups is 1. The van der Waals surface area contributed by atoms with E-state index in [0.29, 0.717) is 10.3 Å². The van der Waals surface area contributed by atoms with Crippen LogP contribution >= 0.6 is 15.9 Å². The number of amides is 3. The van der Waals surface area contributed by atoms with E-state index in [1.807, 2.05) is 0 Å². The highest BCUT2D eigenvalue weighted by Crippen LogP contribution is 2.14. The normalized spacial score (nSPS) is 24.4. The van der Waals surface area contributed by atoms with Crippen LogP contribution in [0.25, 0.3) is 0 Å². The van der Waals surface area contributed by atoms with Crippen LogP contribution in [-0.2, 0) is 0 Å². The Morgan fingerprint density at radius 2 is 2.05 bits per heavy atom. The molecule has 0 unspecified atom stereocenters. The highest BCUT2D eigenvalue weighted by molar-refractivity contribution is 9.10. The molecule has 0 radical (unpaired) electrons. The highest BCUT2D eigenvalue weighted by atomic mass is 79.9. The van der Waals surface area contributed by atoms with Crippen LogP contribution in [0.15, 0.2) is 28.9 Å². The Balaban J connectivity index is 2.02. The Labute approximate surface area is 123 Å². The third-order valence-electron chi connectivity index (χ3n) is 2.99. The van der Waals surface area contributed by atoms with Crippen LogP contribution in [0.2, 0.25) is 0 Å². The molecule has 3 atom stereocenters. The van der Waals surface area contributed by atoms with Crippen molar-refractivity contribution in [3.05, 3.63) is 34.6 Å². The van der Waals surface area contributed by atoms with E-state index in [0.717, 1.165) is 0 Å². The Bertz CT molecular complexity index is 543. The van der Waals surface area contributed by atoms with E-state index >= 15 is 0 Å². The number of aromatic amines is 1. The summed E-state index contributed by atoms with van der Waals surface area (Å²) in [7, 11) is 1.48. The summed E-state index contributed by atoms with van der Waals surface area (Å²) in [6.07, 6.45) is 2.35. The molecular weight excluding hydrogens is 328 g/mol. The van der Waals surface area contributed by atoms with Crippen molar-refractivity contribution in [2.45, 2.75) is 18.2 Å². The lowest BCUT2D eigenvalue weighted by molar-refractivity contribution is 0.0920. The van der Waals surface area contributed by atoms with Gasteiger partial charge in [-0.2, -0.15) is 0 Å². The molecule has 0 aromatic carbocycles. The average Bonchev–Trinajstić information content (AvgIpc) is 2.99. The Morgan fingerprint density at radius 1 is 1.30 bits per heavy atom. The first-order chi connectivity index (χ1) is 9.51. The number of hydrogen-bond donors (Lipinski definition) is 5. The van der Waals surface area contributed by atoms with Crippen LogP contribution in [0.3, 0.4) is 0 Å². The number of halogens is 1. The fourth-order valence-electron chi connectivity index (χ4n) is 1.95. The van der Waals surface area contributed by atoms with Crippen LogP contribution in [0.5, 0.6) is 0 Å². The third kappa shape index (κ3) is 3.20. The summed E-state index contributed by atoms with van der Waals surface area (Å²) in [6.45, 7) is 0. The molecule has 0 aliphatic heterocycles. The molecule has 2 rings (SSSR count). The van der Waals surface area contributed by atoms with E-state index in [9.17, 15) is 14.7 Å². The maximum atomic E-state index is 12.0. The minimum absolute atomic E-state index is 0.317. The molecule has 0 saturated heterocycles. The molecule has 108 valence electrons. The van der Waals surface area contributed by atoms with E-state index in [4.69, 9.17) is 0 Å². The quantitative estimate of drug-likeness (QED) is 0.503. The predicted octanol–water partition coefficient (Wildman–Crippen LogP) is 0.104. The molecule has 0 spiro atoms. The smallest absolute Gasteiger partial charge is 0.314 e. The van der Waals surface area contributed by atoms with Gasteiger partial charge in [-0.05, 0) is 28.1 Å². The minimum atomic E-state index is -0.840. The van der Waals surface area contributed by atoms with Crippen LogP contribution in [0, 0.1) is 0 Å². The van der Waals surface area contributed by atoms with Gasteiger partial charge in [-0.25, -0.2) is 4.79 Å². The first-order valence-electron chi connectivity index (χ1n) is 6.01. The summed E-state index contributed by atoms with van der Waals surface area (Å²) in [4.78, 5) is 26.2. The van der Waals surface area contributed by atoms with Crippen molar-refractivity contribution >= 4 is 27.9 Å². The summed E-state index contributed by atoms with van der Waals surface area (Å²) in [5.41, 5.74) is 0.394. The molecule has 20 heavy (non-hydrogen) atoms. The van der Waals surface area contributed by atoms with Gasteiger partial charge >= 0.3 is 6.03 Å². The maximum Gasteiger partial charge on any atom is 0.314 e. The van der Waals surface area contributed by atoms with Gasteiger partial charge in [0.25, 0.3) is 5.91 Å². The van der Waals surface area contributed by atoms with Crippen molar-refractivity contribution in [2.24, 2.45) is 0 Å². The number of aromatic nitrogens is 1. The summed E-state index contributed by atoms with van der Waals surface area (Å²) < 4.78 is 0.699. The molecule has 1 aromatic heterocycles. The van der Waals surface area contributed by atoms with Crippen LogP contribution in [0.1, 0.15) is 10.5 Å². The van der Waals surface area contributed by atoms with Crippen molar-refractivity contribution in [1.82, 2.24) is 20.9 Å².